The lowest BCUT2D eigenvalue weighted by Crippen LogP contribution is -2.53. The first-order valence-electron chi connectivity index (χ1n) is 8.16. The van der Waals surface area contributed by atoms with Crippen molar-refractivity contribution >= 4 is 28.5 Å². The summed E-state index contributed by atoms with van der Waals surface area (Å²) in [6, 6.07) is 18.0. The summed E-state index contributed by atoms with van der Waals surface area (Å²) in [7, 11) is 0. The van der Waals surface area contributed by atoms with E-state index in [0.717, 1.165) is 35.8 Å². The maximum atomic E-state index is 11.7. The van der Waals surface area contributed by atoms with Gasteiger partial charge in [-0.2, -0.15) is 0 Å². The molecule has 0 bridgehead atoms. The summed E-state index contributed by atoms with van der Waals surface area (Å²) in [5.41, 5.74) is 1.20. The van der Waals surface area contributed by atoms with Gasteiger partial charge in [-0.25, -0.2) is 0 Å². The molecule has 0 radical (unpaired) electrons. The second-order valence-corrected chi connectivity index (χ2v) is 7.61. The van der Waals surface area contributed by atoms with Crippen molar-refractivity contribution in [2.45, 2.75) is 18.1 Å². The highest BCUT2D eigenvalue weighted by Gasteiger charge is 2.50. The summed E-state index contributed by atoms with van der Waals surface area (Å²) in [6.07, 6.45) is 0.981. The predicted octanol–water partition coefficient (Wildman–Crippen LogP) is 3.97. The fourth-order valence-electron chi connectivity index (χ4n) is 3.58. The topological polar surface area (TPSA) is 35.8 Å². The van der Waals surface area contributed by atoms with Gasteiger partial charge in [0.1, 0.15) is 0 Å². The van der Waals surface area contributed by atoms with E-state index in [1.165, 1.54) is 0 Å². The minimum Gasteiger partial charge on any atom is -0.369 e. The van der Waals surface area contributed by atoms with E-state index in [1.54, 1.807) is 11.8 Å². The van der Waals surface area contributed by atoms with E-state index < -0.39 is 5.72 Å². The minimum atomic E-state index is -0.973. The molecule has 2 aliphatic heterocycles. The van der Waals surface area contributed by atoms with Gasteiger partial charge in [-0.05, 0) is 29.7 Å². The van der Waals surface area contributed by atoms with Crippen LogP contribution in [0.1, 0.15) is 23.5 Å². The molecule has 2 aromatic carbocycles. The second-order valence-electron chi connectivity index (χ2n) is 6.23. The van der Waals surface area contributed by atoms with Crippen LogP contribution in [0.5, 0.6) is 0 Å². The molecule has 3 nitrogen and oxygen atoms in total. The van der Waals surface area contributed by atoms with Crippen molar-refractivity contribution in [3.63, 3.8) is 0 Å². The molecule has 0 spiro atoms. The second kappa shape index (κ2) is 6.43. The van der Waals surface area contributed by atoms with E-state index in [2.05, 4.69) is 22.0 Å². The molecule has 2 aromatic rings. The molecule has 5 heteroatoms. The molecule has 0 aromatic heterocycles. The highest BCUT2D eigenvalue weighted by molar-refractivity contribution is 8.14. The number of benzene rings is 2. The van der Waals surface area contributed by atoms with E-state index in [0.29, 0.717) is 10.8 Å². The lowest BCUT2D eigenvalue weighted by Gasteiger charge is -2.42. The Morgan fingerprint density at radius 3 is 2.54 bits per heavy atom. The Morgan fingerprint density at radius 1 is 1.08 bits per heavy atom. The van der Waals surface area contributed by atoms with E-state index in [4.69, 9.17) is 11.6 Å². The first-order chi connectivity index (χ1) is 11.7. The molecule has 0 saturated carbocycles. The Balaban J connectivity index is 1.82. The highest BCUT2D eigenvalue weighted by Crippen LogP contribution is 2.45. The lowest BCUT2D eigenvalue weighted by atomic mass is 9.82. The summed E-state index contributed by atoms with van der Waals surface area (Å²) < 4.78 is 0. The van der Waals surface area contributed by atoms with Gasteiger partial charge >= 0.3 is 0 Å². The van der Waals surface area contributed by atoms with Crippen LogP contribution >= 0.6 is 23.4 Å². The number of amidine groups is 1. The maximum absolute atomic E-state index is 11.7. The first-order valence-corrected chi connectivity index (χ1v) is 9.52. The van der Waals surface area contributed by atoms with Crippen molar-refractivity contribution in [3.05, 3.63) is 70.7 Å². The predicted molar refractivity (Wildman–Crippen MR) is 101 cm³/mol. The van der Waals surface area contributed by atoms with Crippen molar-refractivity contribution in [2.75, 3.05) is 18.8 Å². The van der Waals surface area contributed by atoms with E-state index in [1.807, 2.05) is 42.5 Å². The molecule has 4 rings (SSSR count). The number of thioether (sulfide) groups is 1. The zero-order valence-electron chi connectivity index (χ0n) is 13.2. The van der Waals surface area contributed by atoms with Gasteiger partial charge in [0.25, 0.3) is 0 Å². The number of hydrogen-bond donors (Lipinski definition) is 1. The van der Waals surface area contributed by atoms with Gasteiger partial charge in [0.15, 0.2) is 10.9 Å². The monoisotopic (exact) mass is 358 g/mol. The van der Waals surface area contributed by atoms with Gasteiger partial charge < -0.3 is 10.0 Å². The van der Waals surface area contributed by atoms with Crippen molar-refractivity contribution in [2.24, 2.45) is 4.99 Å². The summed E-state index contributed by atoms with van der Waals surface area (Å²) >= 11 is 7.73. The Morgan fingerprint density at radius 2 is 1.79 bits per heavy atom. The summed E-state index contributed by atoms with van der Waals surface area (Å²) in [5, 5.41) is 13.4. The van der Waals surface area contributed by atoms with E-state index >= 15 is 0 Å². The van der Waals surface area contributed by atoms with Crippen LogP contribution in [-0.2, 0) is 0 Å². The molecule has 1 fully saturated rings. The van der Waals surface area contributed by atoms with E-state index in [-0.39, 0.29) is 5.92 Å². The molecule has 2 atom stereocenters. The normalized spacial score (nSPS) is 24.4. The molecule has 2 heterocycles. The van der Waals surface area contributed by atoms with Crippen LogP contribution in [0.4, 0.5) is 0 Å². The van der Waals surface area contributed by atoms with Crippen LogP contribution in [0, 0.1) is 0 Å². The van der Waals surface area contributed by atoms with Gasteiger partial charge in [0, 0.05) is 23.9 Å². The number of fused-ring (bicyclic) bond motifs is 1. The number of halogens is 1. The maximum Gasteiger partial charge on any atom is 0.161 e. The third-order valence-electron chi connectivity index (χ3n) is 4.70. The highest BCUT2D eigenvalue weighted by atomic mass is 35.5. The number of hydrogen-bond acceptors (Lipinski definition) is 4. The smallest absolute Gasteiger partial charge is 0.161 e. The molecule has 1 N–H and O–H groups in total. The van der Waals surface area contributed by atoms with Gasteiger partial charge in [-0.3, -0.25) is 4.99 Å². The zero-order valence-corrected chi connectivity index (χ0v) is 14.8. The van der Waals surface area contributed by atoms with Gasteiger partial charge in [-0.1, -0.05) is 65.8 Å². The molecule has 1 saturated heterocycles. The number of nitrogens with zero attached hydrogens (tertiary/aromatic N) is 2. The average molecular weight is 359 g/mol. The Kier molecular flexibility index (Phi) is 4.29. The van der Waals surface area contributed by atoms with Crippen LogP contribution < -0.4 is 0 Å². The standard InChI is InChI=1S/C19H19ClN2OS/c20-16-9-7-15(8-10-16)17(14-5-2-1-3-6-14)19(23)13-24-18-21-11-4-12-22(18)19/h1-3,5-10,17,23H,4,11-13H2. The molecule has 24 heavy (non-hydrogen) atoms. The third-order valence-corrected chi connectivity index (χ3v) is 6.13. The molecule has 0 aliphatic carbocycles. The number of aliphatic hydroxyl groups is 1. The number of rotatable bonds is 3. The van der Waals surface area contributed by atoms with Crippen LogP contribution in [-0.4, -0.2) is 39.7 Å². The SMILES string of the molecule is OC1(C(c2ccccc2)c2ccc(Cl)cc2)CSC2=NCCCN21. The van der Waals surface area contributed by atoms with Crippen LogP contribution in [0.15, 0.2) is 59.6 Å². The largest absolute Gasteiger partial charge is 0.369 e. The first kappa shape index (κ1) is 16.0. The quantitative estimate of drug-likeness (QED) is 0.901. The fourth-order valence-corrected chi connectivity index (χ4v) is 4.96. The fraction of sp³-hybridized carbons (Fsp3) is 0.316. The van der Waals surface area contributed by atoms with Gasteiger partial charge in [-0.15, -0.1) is 0 Å². The molecular weight excluding hydrogens is 340 g/mol. The Hall–Kier alpha value is -1.49. The van der Waals surface area contributed by atoms with Crippen LogP contribution in [0.25, 0.3) is 0 Å². The zero-order chi connectivity index (χ0) is 16.6. The average Bonchev–Trinajstić information content (AvgIpc) is 2.96. The van der Waals surface area contributed by atoms with Crippen LogP contribution in [0.3, 0.4) is 0 Å². The lowest BCUT2D eigenvalue weighted by molar-refractivity contribution is -0.0573. The Labute approximate surface area is 151 Å². The molecule has 124 valence electrons. The Bertz CT molecular complexity index is 750. The summed E-state index contributed by atoms with van der Waals surface area (Å²) in [4.78, 5) is 6.69. The van der Waals surface area contributed by atoms with Crippen molar-refractivity contribution in [1.29, 1.82) is 0 Å². The van der Waals surface area contributed by atoms with Crippen molar-refractivity contribution < 1.29 is 5.11 Å². The van der Waals surface area contributed by atoms with Gasteiger partial charge in [0.05, 0.1) is 5.92 Å². The minimum absolute atomic E-state index is 0.144. The molecule has 2 aliphatic rings. The van der Waals surface area contributed by atoms with E-state index in [9.17, 15) is 5.11 Å². The third kappa shape index (κ3) is 2.73. The molecule has 2 unspecified atom stereocenters. The molecule has 0 amide bonds. The van der Waals surface area contributed by atoms with Crippen molar-refractivity contribution in [3.8, 4) is 0 Å². The molecular formula is C19H19ClN2OS. The summed E-state index contributed by atoms with van der Waals surface area (Å²) in [6.45, 7) is 1.70. The van der Waals surface area contributed by atoms with Crippen molar-refractivity contribution in [1.82, 2.24) is 4.90 Å². The summed E-state index contributed by atoms with van der Waals surface area (Å²) in [5.74, 6) is 0.475. The van der Waals surface area contributed by atoms with Crippen LogP contribution in [0.2, 0.25) is 5.02 Å². The number of aliphatic imine (C=N–C) groups is 1. The van der Waals surface area contributed by atoms with Gasteiger partial charge in [0.2, 0.25) is 0 Å².